The van der Waals surface area contributed by atoms with E-state index < -0.39 is 6.04 Å². The minimum Gasteiger partial charge on any atom is -0.368 e. The number of hydrogen-bond donors (Lipinski definition) is 1. The van der Waals surface area contributed by atoms with Gasteiger partial charge < -0.3 is 5.73 Å². The highest BCUT2D eigenvalue weighted by molar-refractivity contribution is 5.86. The molecule has 5 heteroatoms. The third-order valence-corrected chi connectivity index (χ3v) is 2.90. The molecule has 78 valence electrons. The lowest BCUT2D eigenvalue weighted by atomic mass is 10.2. The summed E-state index contributed by atoms with van der Waals surface area (Å²) >= 11 is 0. The van der Waals surface area contributed by atoms with E-state index in [1.54, 1.807) is 5.01 Å². The normalized spacial score (nSPS) is 28.7. The van der Waals surface area contributed by atoms with E-state index in [1.165, 1.54) is 0 Å². The Morgan fingerprint density at radius 3 is 2.86 bits per heavy atom. The maximum atomic E-state index is 11.7. The van der Waals surface area contributed by atoms with Gasteiger partial charge >= 0.3 is 0 Å². The van der Waals surface area contributed by atoms with Crippen molar-refractivity contribution in [1.82, 2.24) is 10.0 Å². The van der Waals surface area contributed by atoms with Crippen molar-refractivity contribution in [2.45, 2.75) is 31.7 Å². The average molecular weight is 197 g/mol. The summed E-state index contributed by atoms with van der Waals surface area (Å²) in [6.45, 7) is 1.65. The van der Waals surface area contributed by atoms with Gasteiger partial charge in [-0.15, -0.1) is 0 Å². The Hall–Kier alpha value is -1.10. The summed E-state index contributed by atoms with van der Waals surface area (Å²) in [5.74, 6) is -0.341. The number of rotatable bonds is 1. The van der Waals surface area contributed by atoms with Crippen LogP contribution in [0.3, 0.4) is 0 Å². The first kappa shape index (κ1) is 9.45. The zero-order valence-corrected chi connectivity index (χ0v) is 8.11. The van der Waals surface area contributed by atoms with Crippen LogP contribution in [0, 0.1) is 0 Å². The molecule has 2 aliphatic rings. The third-order valence-electron chi connectivity index (χ3n) is 2.90. The molecule has 2 amide bonds. The van der Waals surface area contributed by atoms with Crippen LogP contribution in [0.15, 0.2) is 0 Å². The van der Waals surface area contributed by atoms with Crippen LogP contribution >= 0.6 is 0 Å². The van der Waals surface area contributed by atoms with Crippen molar-refractivity contribution in [3.05, 3.63) is 0 Å². The van der Waals surface area contributed by atoms with Gasteiger partial charge in [-0.3, -0.25) is 14.6 Å². The number of carbonyl (C=O) groups is 2. The molecule has 0 aromatic rings. The van der Waals surface area contributed by atoms with Crippen molar-refractivity contribution in [3.8, 4) is 0 Å². The predicted octanol–water partition coefficient (Wildman–Crippen LogP) is -0.527. The fourth-order valence-electron chi connectivity index (χ4n) is 2.20. The smallest absolute Gasteiger partial charge is 0.241 e. The standard InChI is InChI=1S/C9H15N3O2/c10-9(14)7-4-6-11-5-2-1-3-8(13)12(7)11/h7H,1-6H2,(H2,10,14)/t7-/m0/s1. The zero-order chi connectivity index (χ0) is 10.1. The number of fused-ring (bicyclic) bond motifs is 1. The molecule has 0 bridgehead atoms. The quantitative estimate of drug-likeness (QED) is 0.614. The van der Waals surface area contributed by atoms with E-state index in [-0.39, 0.29) is 11.8 Å². The second-order valence-corrected chi connectivity index (χ2v) is 3.86. The topological polar surface area (TPSA) is 66.6 Å². The van der Waals surface area contributed by atoms with Gasteiger partial charge in [0.15, 0.2) is 0 Å². The van der Waals surface area contributed by atoms with Crippen molar-refractivity contribution >= 4 is 11.8 Å². The van der Waals surface area contributed by atoms with Gasteiger partial charge in [-0.25, -0.2) is 5.01 Å². The number of amides is 2. The van der Waals surface area contributed by atoms with Crippen LogP contribution in [0.5, 0.6) is 0 Å². The van der Waals surface area contributed by atoms with Crippen LogP contribution in [-0.2, 0) is 9.59 Å². The zero-order valence-electron chi connectivity index (χ0n) is 8.11. The van der Waals surface area contributed by atoms with Gasteiger partial charge in [0.05, 0.1) is 0 Å². The van der Waals surface area contributed by atoms with E-state index in [0.29, 0.717) is 12.8 Å². The number of primary amides is 1. The summed E-state index contributed by atoms with van der Waals surface area (Å²) in [5, 5.41) is 3.54. The number of nitrogens with zero attached hydrogens (tertiary/aromatic N) is 2. The molecule has 2 rings (SSSR count). The van der Waals surface area contributed by atoms with Crippen molar-refractivity contribution in [3.63, 3.8) is 0 Å². The second kappa shape index (κ2) is 3.57. The molecule has 0 aromatic carbocycles. The van der Waals surface area contributed by atoms with Crippen LogP contribution in [0.2, 0.25) is 0 Å². The maximum absolute atomic E-state index is 11.7. The molecule has 0 aromatic heterocycles. The Morgan fingerprint density at radius 1 is 1.36 bits per heavy atom. The highest BCUT2D eigenvalue weighted by Crippen LogP contribution is 2.23. The van der Waals surface area contributed by atoms with Gasteiger partial charge in [0, 0.05) is 19.5 Å². The first-order valence-electron chi connectivity index (χ1n) is 5.06. The molecule has 1 atom stereocenters. The van der Waals surface area contributed by atoms with E-state index >= 15 is 0 Å². The summed E-state index contributed by atoms with van der Waals surface area (Å²) in [5.41, 5.74) is 5.26. The summed E-state index contributed by atoms with van der Waals surface area (Å²) < 4.78 is 0. The number of nitrogens with two attached hydrogens (primary N) is 1. The Kier molecular flexibility index (Phi) is 2.41. The molecule has 2 fully saturated rings. The lowest BCUT2D eigenvalue weighted by Gasteiger charge is -2.28. The first-order chi connectivity index (χ1) is 6.70. The molecule has 0 unspecified atom stereocenters. The summed E-state index contributed by atoms with van der Waals surface area (Å²) in [4.78, 5) is 22.8. The molecule has 2 heterocycles. The number of hydrazine groups is 1. The lowest BCUT2D eigenvalue weighted by molar-refractivity contribution is -0.150. The Balaban J connectivity index is 2.18. The van der Waals surface area contributed by atoms with E-state index in [0.717, 1.165) is 25.9 Å². The molecule has 0 aliphatic carbocycles. The van der Waals surface area contributed by atoms with E-state index in [1.807, 2.05) is 5.01 Å². The van der Waals surface area contributed by atoms with Crippen LogP contribution in [-0.4, -0.2) is 41.0 Å². The number of hydrogen-bond acceptors (Lipinski definition) is 3. The van der Waals surface area contributed by atoms with Crippen LogP contribution in [0.25, 0.3) is 0 Å². The van der Waals surface area contributed by atoms with Gasteiger partial charge in [0.1, 0.15) is 6.04 Å². The molecule has 2 aliphatic heterocycles. The molecule has 0 spiro atoms. The van der Waals surface area contributed by atoms with Crippen molar-refractivity contribution in [2.75, 3.05) is 13.1 Å². The molecule has 5 nitrogen and oxygen atoms in total. The van der Waals surface area contributed by atoms with Gasteiger partial charge in [0.2, 0.25) is 11.8 Å². The lowest BCUT2D eigenvalue weighted by Crippen LogP contribution is -2.49. The monoisotopic (exact) mass is 197 g/mol. The van der Waals surface area contributed by atoms with Gasteiger partial charge in [-0.05, 0) is 19.3 Å². The van der Waals surface area contributed by atoms with Crippen molar-refractivity contribution in [2.24, 2.45) is 5.73 Å². The number of carbonyl (C=O) groups excluding carboxylic acids is 2. The minimum atomic E-state index is -0.402. The molecule has 14 heavy (non-hydrogen) atoms. The maximum Gasteiger partial charge on any atom is 0.241 e. The first-order valence-corrected chi connectivity index (χ1v) is 5.06. The minimum absolute atomic E-state index is 0.0452. The molecule has 0 saturated carbocycles. The van der Waals surface area contributed by atoms with E-state index in [4.69, 9.17) is 5.73 Å². The summed E-state index contributed by atoms with van der Waals surface area (Å²) in [6.07, 6.45) is 3.16. The summed E-state index contributed by atoms with van der Waals surface area (Å²) in [6, 6.07) is -0.402. The molecular formula is C9H15N3O2. The van der Waals surface area contributed by atoms with Crippen LogP contribution < -0.4 is 5.73 Å². The van der Waals surface area contributed by atoms with Gasteiger partial charge in [0.25, 0.3) is 0 Å². The Morgan fingerprint density at radius 2 is 2.14 bits per heavy atom. The van der Waals surface area contributed by atoms with E-state index in [2.05, 4.69) is 0 Å². The largest absolute Gasteiger partial charge is 0.368 e. The Labute approximate surface area is 82.8 Å². The van der Waals surface area contributed by atoms with Gasteiger partial charge in [-0.2, -0.15) is 0 Å². The second-order valence-electron chi connectivity index (χ2n) is 3.86. The molecule has 2 N–H and O–H groups in total. The highest BCUT2D eigenvalue weighted by atomic mass is 16.2. The van der Waals surface area contributed by atoms with Crippen molar-refractivity contribution < 1.29 is 9.59 Å². The third kappa shape index (κ3) is 1.48. The summed E-state index contributed by atoms with van der Waals surface area (Å²) in [7, 11) is 0. The molecular weight excluding hydrogens is 182 g/mol. The van der Waals surface area contributed by atoms with Crippen molar-refractivity contribution in [1.29, 1.82) is 0 Å². The van der Waals surface area contributed by atoms with Gasteiger partial charge in [-0.1, -0.05) is 0 Å². The fraction of sp³-hybridized carbons (Fsp3) is 0.778. The molecule has 0 radical (unpaired) electrons. The average Bonchev–Trinajstić information content (AvgIpc) is 2.48. The fourth-order valence-corrected chi connectivity index (χ4v) is 2.20. The molecule has 2 saturated heterocycles. The SMILES string of the molecule is NC(=O)[C@@H]1CCN2CCCCC(=O)N12. The predicted molar refractivity (Wildman–Crippen MR) is 49.9 cm³/mol. The highest BCUT2D eigenvalue weighted by Gasteiger charge is 2.39. The Bertz CT molecular complexity index is 267. The van der Waals surface area contributed by atoms with E-state index in [9.17, 15) is 9.59 Å². The van der Waals surface area contributed by atoms with Crippen LogP contribution in [0.1, 0.15) is 25.7 Å². The van der Waals surface area contributed by atoms with Crippen LogP contribution in [0.4, 0.5) is 0 Å².